The van der Waals surface area contributed by atoms with Gasteiger partial charge in [-0.05, 0) is 23.3 Å². The number of rotatable bonds is 2. The van der Waals surface area contributed by atoms with Crippen LogP contribution in [0.25, 0.3) is 5.65 Å². The van der Waals surface area contributed by atoms with Crippen molar-refractivity contribution in [3.8, 4) is 0 Å². The molecule has 4 rings (SSSR count). The third kappa shape index (κ3) is 2.74. The fourth-order valence-corrected chi connectivity index (χ4v) is 3.37. The van der Waals surface area contributed by atoms with Crippen LogP contribution in [0.5, 0.6) is 0 Å². The van der Waals surface area contributed by atoms with Crippen LogP contribution in [-0.4, -0.2) is 32.1 Å². The number of primary amides is 1. The van der Waals surface area contributed by atoms with Crippen LogP contribution >= 0.6 is 11.6 Å². The number of nitrogens with zero attached hydrogens (tertiary/aromatic N) is 3. The minimum absolute atomic E-state index is 0.257. The average molecular weight is 355 g/mol. The predicted molar refractivity (Wildman–Crippen MR) is 93.2 cm³/mol. The first-order valence-corrected chi connectivity index (χ1v) is 8.22. The zero-order valence-corrected chi connectivity index (χ0v) is 14.0. The molecular formula is C18H15ClN4O2. The van der Waals surface area contributed by atoms with Crippen molar-refractivity contribution in [1.29, 1.82) is 0 Å². The summed E-state index contributed by atoms with van der Waals surface area (Å²) in [6.45, 7) is 0.331. The molecule has 1 atom stereocenters. The zero-order valence-electron chi connectivity index (χ0n) is 13.2. The van der Waals surface area contributed by atoms with Crippen LogP contribution in [0, 0.1) is 0 Å². The van der Waals surface area contributed by atoms with E-state index in [1.54, 1.807) is 28.9 Å². The van der Waals surface area contributed by atoms with E-state index in [0.29, 0.717) is 23.6 Å². The van der Waals surface area contributed by atoms with E-state index in [4.69, 9.17) is 17.3 Å². The summed E-state index contributed by atoms with van der Waals surface area (Å²) in [5.74, 6) is -0.840. The molecule has 0 saturated heterocycles. The van der Waals surface area contributed by atoms with Gasteiger partial charge in [0, 0.05) is 25.4 Å². The van der Waals surface area contributed by atoms with Crippen molar-refractivity contribution in [3.63, 3.8) is 0 Å². The molecule has 1 aliphatic rings. The van der Waals surface area contributed by atoms with E-state index in [2.05, 4.69) is 4.98 Å². The molecule has 1 aliphatic heterocycles. The van der Waals surface area contributed by atoms with Gasteiger partial charge in [0.15, 0.2) is 0 Å². The Hall–Kier alpha value is -2.86. The van der Waals surface area contributed by atoms with Gasteiger partial charge in [-0.2, -0.15) is 0 Å². The van der Waals surface area contributed by atoms with E-state index < -0.39 is 11.9 Å². The van der Waals surface area contributed by atoms with Gasteiger partial charge in [0.25, 0.3) is 5.91 Å². The van der Waals surface area contributed by atoms with Crippen LogP contribution in [0.2, 0.25) is 5.02 Å². The number of amides is 2. The lowest BCUT2D eigenvalue weighted by molar-refractivity contribution is -0.122. The van der Waals surface area contributed by atoms with Gasteiger partial charge in [0.1, 0.15) is 17.4 Å². The van der Waals surface area contributed by atoms with Gasteiger partial charge in [-0.25, -0.2) is 4.98 Å². The highest BCUT2D eigenvalue weighted by Gasteiger charge is 2.34. The summed E-state index contributed by atoms with van der Waals surface area (Å²) < 4.78 is 1.69. The van der Waals surface area contributed by atoms with Crippen molar-refractivity contribution in [2.75, 3.05) is 0 Å². The highest BCUT2D eigenvalue weighted by molar-refractivity contribution is 6.30. The minimum atomic E-state index is -0.684. The molecule has 25 heavy (non-hydrogen) atoms. The maximum atomic E-state index is 13.0. The third-order valence-electron chi connectivity index (χ3n) is 4.47. The number of hydrogen-bond donors (Lipinski definition) is 1. The largest absolute Gasteiger partial charge is 0.368 e. The lowest BCUT2D eigenvalue weighted by Crippen LogP contribution is -2.51. The van der Waals surface area contributed by atoms with Gasteiger partial charge < -0.3 is 15.0 Å². The van der Waals surface area contributed by atoms with Gasteiger partial charge in [-0.15, -0.1) is 0 Å². The number of hydrogen-bond acceptors (Lipinski definition) is 3. The molecule has 0 saturated carbocycles. The normalized spacial score (nSPS) is 16.7. The first kappa shape index (κ1) is 15.7. The van der Waals surface area contributed by atoms with Gasteiger partial charge >= 0.3 is 0 Å². The molecule has 2 aromatic heterocycles. The van der Waals surface area contributed by atoms with E-state index in [9.17, 15) is 9.59 Å². The molecule has 2 N–H and O–H groups in total. The van der Waals surface area contributed by atoms with Crippen LogP contribution in [0.1, 0.15) is 21.6 Å². The van der Waals surface area contributed by atoms with Gasteiger partial charge in [-0.1, -0.05) is 35.9 Å². The Morgan fingerprint density at radius 2 is 1.88 bits per heavy atom. The molecule has 0 unspecified atom stereocenters. The molecule has 2 amide bonds. The summed E-state index contributed by atoms with van der Waals surface area (Å²) in [4.78, 5) is 30.7. The molecular weight excluding hydrogens is 340 g/mol. The van der Waals surface area contributed by atoms with Crippen molar-refractivity contribution in [2.24, 2.45) is 5.73 Å². The number of benzene rings is 1. The SMILES string of the molecule is NC(=O)[C@H]1Cc2ccccc2CN1C(=O)c1cn2cc(Cl)ccc2n1. The fourth-order valence-electron chi connectivity index (χ4n) is 3.21. The van der Waals surface area contributed by atoms with E-state index in [-0.39, 0.29) is 11.6 Å². The number of carbonyl (C=O) groups excluding carboxylic acids is 2. The third-order valence-corrected chi connectivity index (χ3v) is 4.70. The summed E-state index contributed by atoms with van der Waals surface area (Å²) in [5, 5.41) is 0.547. The number of pyridine rings is 1. The number of nitrogens with two attached hydrogens (primary N) is 1. The fraction of sp³-hybridized carbons (Fsp3) is 0.167. The first-order chi connectivity index (χ1) is 12.0. The molecule has 0 bridgehead atoms. The average Bonchev–Trinajstić information content (AvgIpc) is 3.03. The molecule has 0 spiro atoms. The number of imidazole rings is 1. The predicted octanol–water partition coefficient (Wildman–Crippen LogP) is 2.04. The van der Waals surface area contributed by atoms with Crippen molar-refractivity contribution in [1.82, 2.24) is 14.3 Å². The quantitative estimate of drug-likeness (QED) is 0.764. The van der Waals surface area contributed by atoms with Gasteiger partial charge in [-0.3, -0.25) is 9.59 Å². The summed E-state index contributed by atoms with van der Waals surface area (Å²) in [5.41, 5.74) is 8.47. The van der Waals surface area contributed by atoms with Crippen molar-refractivity contribution >= 4 is 29.1 Å². The molecule has 7 heteroatoms. The second-order valence-corrected chi connectivity index (χ2v) is 6.50. The highest BCUT2D eigenvalue weighted by Crippen LogP contribution is 2.25. The number of fused-ring (bicyclic) bond motifs is 2. The van der Waals surface area contributed by atoms with Gasteiger partial charge in [0.05, 0.1) is 5.02 Å². The van der Waals surface area contributed by atoms with Crippen molar-refractivity contribution in [2.45, 2.75) is 19.0 Å². The van der Waals surface area contributed by atoms with E-state index in [1.165, 1.54) is 4.90 Å². The summed E-state index contributed by atoms with van der Waals surface area (Å²) in [6, 6.07) is 10.5. The Bertz CT molecular complexity index is 998. The zero-order chi connectivity index (χ0) is 17.6. The lowest BCUT2D eigenvalue weighted by Gasteiger charge is -2.34. The minimum Gasteiger partial charge on any atom is -0.368 e. The second-order valence-electron chi connectivity index (χ2n) is 6.06. The van der Waals surface area contributed by atoms with E-state index >= 15 is 0 Å². The lowest BCUT2D eigenvalue weighted by atomic mass is 9.93. The maximum Gasteiger partial charge on any atom is 0.275 e. The van der Waals surface area contributed by atoms with Crippen molar-refractivity contribution < 1.29 is 9.59 Å². The number of halogens is 1. The van der Waals surface area contributed by atoms with Crippen LogP contribution in [0.15, 0.2) is 48.8 Å². The monoisotopic (exact) mass is 354 g/mol. The van der Waals surface area contributed by atoms with E-state index in [1.807, 2.05) is 24.3 Å². The molecule has 0 fully saturated rings. The number of aromatic nitrogens is 2. The van der Waals surface area contributed by atoms with Crippen LogP contribution < -0.4 is 5.73 Å². The Morgan fingerprint density at radius 3 is 2.64 bits per heavy atom. The highest BCUT2D eigenvalue weighted by atomic mass is 35.5. The summed E-state index contributed by atoms with van der Waals surface area (Å²) >= 11 is 5.97. The standard InChI is InChI=1S/C18H15ClN4O2/c19-13-5-6-16-21-14(10-22(16)9-13)18(25)23-8-12-4-2-1-3-11(12)7-15(23)17(20)24/h1-6,9-10,15H,7-8H2,(H2,20,24)/t15-/m1/s1. The summed E-state index contributed by atoms with van der Waals surface area (Å²) in [6.07, 6.45) is 3.70. The number of carbonyl (C=O) groups is 2. The Kier molecular flexibility index (Phi) is 3.69. The topological polar surface area (TPSA) is 80.7 Å². The molecule has 3 heterocycles. The Morgan fingerprint density at radius 1 is 1.12 bits per heavy atom. The maximum absolute atomic E-state index is 13.0. The Labute approximate surface area is 148 Å². The van der Waals surface area contributed by atoms with Crippen LogP contribution in [0.4, 0.5) is 0 Å². The van der Waals surface area contributed by atoms with Crippen molar-refractivity contribution in [3.05, 3.63) is 70.6 Å². The first-order valence-electron chi connectivity index (χ1n) is 7.84. The molecule has 0 aliphatic carbocycles. The molecule has 6 nitrogen and oxygen atoms in total. The molecule has 0 radical (unpaired) electrons. The second kappa shape index (κ2) is 5.89. The molecule has 3 aromatic rings. The van der Waals surface area contributed by atoms with E-state index in [0.717, 1.165) is 11.1 Å². The summed E-state index contributed by atoms with van der Waals surface area (Å²) in [7, 11) is 0. The molecule has 1 aromatic carbocycles. The Balaban J connectivity index is 1.72. The van der Waals surface area contributed by atoms with Crippen LogP contribution in [-0.2, 0) is 17.8 Å². The van der Waals surface area contributed by atoms with Crippen LogP contribution in [0.3, 0.4) is 0 Å². The van der Waals surface area contributed by atoms with Gasteiger partial charge in [0.2, 0.25) is 5.91 Å². The molecule has 126 valence electrons. The smallest absolute Gasteiger partial charge is 0.275 e.